The molecule has 0 amide bonds. The summed E-state index contributed by atoms with van der Waals surface area (Å²) < 4.78 is 35.7. The molecule has 18 heavy (non-hydrogen) atoms. The van der Waals surface area contributed by atoms with Crippen molar-refractivity contribution in [3.8, 4) is 0 Å². The third kappa shape index (κ3) is 5.26. The van der Waals surface area contributed by atoms with Gasteiger partial charge in [-0.15, -0.1) is 0 Å². The average molecular weight is 278 g/mol. The number of alkyl halides is 3. The van der Waals surface area contributed by atoms with Gasteiger partial charge in [0.15, 0.2) is 5.82 Å². The lowest BCUT2D eigenvalue weighted by atomic mass is 10.2. The van der Waals surface area contributed by atoms with E-state index in [-0.39, 0.29) is 11.4 Å². The van der Waals surface area contributed by atoms with Gasteiger partial charge in [-0.1, -0.05) is 12.2 Å². The standard InChI is InChI=1S/C10H13F3N4S/c11-10(12,13)3-1-2-4-16-9-7(8(14)18)15-5-6-17-9/h5-6H,1-4H2,(H2,14,18)(H,16,17). The molecule has 1 rings (SSSR count). The number of halogens is 3. The van der Waals surface area contributed by atoms with E-state index in [2.05, 4.69) is 15.3 Å². The Morgan fingerprint density at radius 2 is 1.94 bits per heavy atom. The molecule has 0 aliphatic heterocycles. The highest BCUT2D eigenvalue weighted by Crippen LogP contribution is 2.22. The normalized spacial score (nSPS) is 11.3. The zero-order valence-corrected chi connectivity index (χ0v) is 10.3. The number of rotatable bonds is 6. The Labute approximate surface area is 108 Å². The highest BCUT2D eigenvalue weighted by Gasteiger charge is 2.25. The van der Waals surface area contributed by atoms with Crippen LogP contribution in [0, 0.1) is 0 Å². The molecule has 100 valence electrons. The maximum atomic E-state index is 11.9. The van der Waals surface area contributed by atoms with Crippen LogP contribution in [0.5, 0.6) is 0 Å². The largest absolute Gasteiger partial charge is 0.389 e. The van der Waals surface area contributed by atoms with Crippen molar-refractivity contribution < 1.29 is 13.2 Å². The second kappa shape index (κ2) is 6.48. The summed E-state index contributed by atoms with van der Waals surface area (Å²) in [6.07, 6.45) is -1.52. The van der Waals surface area contributed by atoms with E-state index in [1.807, 2.05) is 0 Å². The molecule has 0 radical (unpaired) electrons. The number of thiocarbonyl (C=S) groups is 1. The number of anilines is 1. The number of nitrogens with two attached hydrogens (primary N) is 1. The molecule has 0 saturated heterocycles. The van der Waals surface area contributed by atoms with E-state index in [0.29, 0.717) is 24.5 Å². The minimum atomic E-state index is -4.10. The van der Waals surface area contributed by atoms with Crippen LogP contribution in [0.1, 0.15) is 25.0 Å². The second-order valence-electron chi connectivity index (χ2n) is 3.62. The number of unbranched alkanes of at least 4 members (excludes halogenated alkanes) is 1. The van der Waals surface area contributed by atoms with Crippen molar-refractivity contribution in [3.05, 3.63) is 18.1 Å². The van der Waals surface area contributed by atoms with E-state index >= 15 is 0 Å². The zero-order valence-electron chi connectivity index (χ0n) is 9.50. The summed E-state index contributed by atoms with van der Waals surface area (Å²) in [5.41, 5.74) is 5.79. The molecule has 0 fully saturated rings. The summed E-state index contributed by atoms with van der Waals surface area (Å²) in [7, 11) is 0. The first-order valence-electron chi connectivity index (χ1n) is 5.31. The first-order valence-corrected chi connectivity index (χ1v) is 5.72. The molecule has 1 aromatic rings. The summed E-state index contributed by atoms with van der Waals surface area (Å²) in [6, 6.07) is 0. The third-order valence-electron chi connectivity index (χ3n) is 2.11. The maximum Gasteiger partial charge on any atom is 0.389 e. The van der Waals surface area contributed by atoms with Crippen LogP contribution in [0.15, 0.2) is 12.4 Å². The van der Waals surface area contributed by atoms with E-state index in [1.165, 1.54) is 12.4 Å². The van der Waals surface area contributed by atoms with Gasteiger partial charge in [-0.2, -0.15) is 13.2 Å². The van der Waals surface area contributed by atoms with Gasteiger partial charge in [0.1, 0.15) is 10.7 Å². The van der Waals surface area contributed by atoms with Crippen LogP contribution < -0.4 is 11.1 Å². The molecule has 0 spiro atoms. The summed E-state index contributed by atoms with van der Waals surface area (Å²) in [5, 5.41) is 2.87. The van der Waals surface area contributed by atoms with E-state index in [1.54, 1.807) is 0 Å². The molecule has 0 saturated carbocycles. The molecule has 3 N–H and O–H groups in total. The van der Waals surface area contributed by atoms with Crippen molar-refractivity contribution in [1.82, 2.24) is 9.97 Å². The number of nitrogens with one attached hydrogen (secondary N) is 1. The molecule has 4 nitrogen and oxygen atoms in total. The van der Waals surface area contributed by atoms with Crippen LogP contribution in [0.4, 0.5) is 19.0 Å². The molecule has 1 heterocycles. The van der Waals surface area contributed by atoms with E-state index in [0.717, 1.165) is 0 Å². The van der Waals surface area contributed by atoms with Gasteiger partial charge in [0.05, 0.1) is 0 Å². The molecular formula is C10H13F3N4S. The number of hydrogen-bond acceptors (Lipinski definition) is 4. The highest BCUT2D eigenvalue weighted by molar-refractivity contribution is 7.80. The van der Waals surface area contributed by atoms with Crippen LogP contribution in [0.3, 0.4) is 0 Å². The van der Waals surface area contributed by atoms with E-state index < -0.39 is 12.6 Å². The molecule has 0 aliphatic rings. The lowest BCUT2D eigenvalue weighted by molar-refractivity contribution is -0.135. The maximum absolute atomic E-state index is 11.9. The quantitative estimate of drug-likeness (QED) is 0.617. The highest BCUT2D eigenvalue weighted by atomic mass is 32.1. The Kier molecular flexibility index (Phi) is 5.26. The zero-order chi connectivity index (χ0) is 13.6. The molecule has 0 aromatic carbocycles. The average Bonchev–Trinajstić information content (AvgIpc) is 2.27. The van der Waals surface area contributed by atoms with Gasteiger partial charge in [-0.25, -0.2) is 9.97 Å². The predicted molar refractivity (Wildman–Crippen MR) is 66.3 cm³/mol. The minimum absolute atomic E-state index is 0.0686. The Morgan fingerprint density at radius 3 is 2.56 bits per heavy atom. The lowest BCUT2D eigenvalue weighted by Gasteiger charge is -2.09. The molecule has 0 unspecified atom stereocenters. The summed E-state index contributed by atoms with van der Waals surface area (Å²) in [5.74, 6) is 0.400. The van der Waals surface area contributed by atoms with Crippen molar-refractivity contribution >= 4 is 23.0 Å². The van der Waals surface area contributed by atoms with Crippen LogP contribution in [-0.2, 0) is 0 Å². The Balaban J connectivity index is 2.38. The minimum Gasteiger partial charge on any atom is -0.388 e. The molecular weight excluding hydrogens is 265 g/mol. The monoisotopic (exact) mass is 278 g/mol. The summed E-state index contributed by atoms with van der Waals surface area (Å²) in [6.45, 7) is 0.365. The van der Waals surface area contributed by atoms with Crippen molar-refractivity contribution in [3.63, 3.8) is 0 Å². The Hall–Kier alpha value is -1.44. The number of aromatic nitrogens is 2. The molecule has 1 aromatic heterocycles. The Morgan fingerprint density at radius 1 is 1.28 bits per heavy atom. The summed E-state index contributed by atoms with van der Waals surface area (Å²) in [4.78, 5) is 8.03. The first-order chi connectivity index (χ1) is 8.40. The topological polar surface area (TPSA) is 63.8 Å². The molecule has 0 bridgehead atoms. The van der Waals surface area contributed by atoms with E-state index in [4.69, 9.17) is 18.0 Å². The fraction of sp³-hybridized carbons (Fsp3) is 0.500. The smallest absolute Gasteiger partial charge is 0.388 e. The molecule has 8 heteroatoms. The van der Waals surface area contributed by atoms with Crippen molar-refractivity contribution in [2.24, 2.45) is 5.73 Å². The van der Waals surface area contributed by atoms with Crippen LogP contribution in [0.2, 0.25) is 0 Å². The van der Waals surface area contributed by atoms with Gasteiger partial charge in [0.25, 0.3) is 0 Å². The Bertz CT molecular complexity index is 408. The fourth-order valence-electron chi connectivity index (χ4n) is 1.30. The van der Waals surface area contributed by atoms with Crippen molar-refractivity contribution in [1.29, 1.82) is 0 Å². The van der Waals surface area contributed by atoms with Gasteiger partial charge in [-0.05, 0) is 12.8 Å². The molecule has 0 atom stereocenters. The number of nitrogens with zero attached hydrogens (tertiary/aromatic N) is 2. The van der Waals surface area contributed by atoms with Gasteiger partial charge in [0, 0.05) is 25.4 Å². The lowest BCUT2D eigenvalue weighted by Crippen LogP contribution is -2.17. The molecule has 0 aliphatic carbocycles. The van der Waals surface area contributed by atoms with Gasteiger partial charge in [0.2, 0.25) is 0 Å². The van der Waals surface area contributed by atoms with Crippen molar-refractivity contribution in [2.75, 3.05) is 11.9 Å². The first kappa shape index (κ1) is 14.6. The van der Waals surface area contributed by atoms with Crippen LogP contribution in [-0.4, -0.2) is 27.7 Å². The third-order valence-corrected chi connectivity index (χ3v) is 2.30. The number of hydrogen-bond donors (Lipinski definition) is 2. The van der Waals surface area contributed by atoms with Gasteiger partial charge in [-0.3, -0.25) is 0 Å². The van der Waals surface area contributed by atoms with E-state index in [9.17, 15) is 13.2 Å². The van der Waals surface area contributed by atoms with Gasteiger partial charge >= 0.3 is 6.18 Å². The predicted octanol–water partition coefficient (Wildman–Crippen LogP) is 2.26. The van der Waals surface area contributed by atoms with Crippen LogP contribution in [0.25, 0.3) is 0 Å². The fourth-order valence-corrected chi connectivity index (χ4v) is 1.45. The van der Waals surface area contributed by atoms with Crippen LogP contribution >= 0.6 is 12.2 Å². The SMILES string of the molecule is NC(=S)c1nccnc1NCCCCC(F)(F)F. The summed E-state index contributed by atoms with van der Waals surface area (Å²) >= 11 is 4.79. The second-order valence-corrected chi connectivity index (χ2v) is 4.06. The van der Waals surface area contributed by atoms with Crippen molar-refractivity contribution in [2.45, 2.75) is 25.4 Å². The van der Waals surface area contributed by atoms with Gasteiger partial charge < -0.3 is 11.1 Å².